The Hall–Kier alpha value is -5.80. The van der Waals surface area contributed by atoms with Crippen LogP contribution >= 0.6 is 11.8 Å². The van der Waals surface area contributed by atoms with Gasteiger partial charge in [0.2, 0.25) is 18.1 Å². The first-order valence-corrected chi connectivity index (χ1v) is 19.2. The van der Waals surface area contributed by atoms with E-state index in [-0.39, 0.29) is 31.1 Å². The Morgan fingerprint density at radius 2 is 1.45 bits per heavy atom. The molecule has 3 atom stereocenters. The summed E-state index contributed by atoms with van der Waals surface area (Å²) < 4.78 is 19.6. The van der Waals surface area contributed by atoms with Crippen LogP contribution in [-0.2, 0) is 31.4 Å². The number of carbonyl (C=O) groups is 2. The number of oxazole rings is 1. The molecule has 56 heavy (non-hydrogen) atoms. The highest BCUT2D eigenvalue weighted by atomic mass is 32.2. The number of nitrogens with zero attached hydrogens (tertiary/aromatic N) is 3. The third kappa shape index (κ3) is 9.70. The SMILES string of the molecule is C#[N+][C@]1(CSc2nc(-c3ccccc3)c(-c3ccccc3)o2)C[C@@]([N+]#C)(c2ccc(CO)cc2)O[C@@H](c2ccc(NC(=O)CCCCCCC(=O)NO)cc2)O1. The summed E-state index contributed by atoms with van der Waals surface area (Å²) in [5.41, 5.74) is 3.71. The predicted octanol–water partition coefficient (Wildman–Crippen LogP) is 8.99. The summed E-state index contributed by atoms with van der Waals surface area (Å²) >= 11 is 1.28. The fourth-order valence-corrected chi connectivity index (χ4v) is 7.32. The highest BCUT2D eigenvalue weighted by molar-refractivity contribution is 7.99. The van der Waals surface area contributed by atoms with Crippen LogP contribution in [0.25, 0.3) is 32.3 Å². The molecule has 4 aromatic carbocycles. The molecule has 0 spiro atoms. The highest BCUT2D eigenvalue weighted by Crippen LogP contribution is 2.50. The molecule has 6 rings (SSSR count). The van der Waals surface area contributed by atoms with E-state index in [1.165, 1.54) is 11.8 Å². The Balaban J connectivity index is 1.22. The average molecular weight is 774 g/mol. The molecule has 0 unspecified atom stereocenters. The van der Waals surface area contributed by atoms with Crippen LogP contribution in [0.4, 0.5) is 5.69 Å². The molecule has 5 aromatic rings. The number of hydroxylamine groups is 1. The number of aromatic nitrogens is 1. The van der Waals surface area contributed by atoms with Gasteiger partial charge in [-0.15, -0.1) is 0 Å². The third-order valence-electron chi connectivity index (χ3n) is 9.44. The molecule has 0 bridgehead atoms. The monoisotopic (exact) mass is 773 g/mol. The summed E-state index contributed by atoms with van der Waals surface area (Å²) in [4.78, 5) is 37.3. The Kier molecular flexibility index (Phi) is 13.3. The summed E-state index contributed by atoms with van der Waals surface area (Å²) in [5, 5.41) is 21.6. The zero-order chi connectivity index (χ0) is 39.4. The van der Waals surface area contributed by atoms with Gasteiger partial charge < -0.3 is 14.8 Å². The molecule has 0 aliphatic carbocycles. The first-order valence-electron chi connectivity index (χ1n) is 18.3. The minimum atomic E-state index is -1.46. The maximum atomic E-state index is 12.7. The summed E-state index contributed by atoms with van der Waals surface area (Å²) in [6.07, 6.45) is 2.37. The molecule has 1 aliphatic rings. The number of benzene rings is 4. The van der Waals surface area contributed by atoms with Crippen molar-refractivity contribution >= 4 is 29.3 Å². The maximum Gasteiger partial charge on any atom is 0.424 e. The second-order valence-electron chi connectivity index (χ2n) is 13.4. The van der Waals surface area contributed by atoms with E-state index in [1.807, 2.05) is 60.7 Å². The minimum absolute atomic E-state index is 0.00946. The highest BCUT2D eigenvalue weighted by Gasteiger charge is 2.65. The fraction of sp³-hybridized carbons (Fsp3) is 0.279. The van der Waals surface area contributed by atoms with E-state index in [0.717, 1.165) is 24.0 Å². The first-order chi connectivity index (χ1) is 27.3. The number of aliphatic hydroxyl groups is 1. The molecule has 2 amide bonds. The Morgan fingerprint density at radius 3 is 2.05 bits per heavy atom. The molecule has 4 N–H and O–H groups in total. The Labute approximate surface area is 329 Å². The number of anilines is 1. The van der Waals surface area contributed by atoms with Crippen molar-refractivity contribution in [3.63, 3.8) is 0 Å². The van der Waals surface area contributed by atoms with Crippen molar-refractivity contribution in [3.05, 3.63) is 136 Å². The molecule has 0 radical (unpaired) electrons. The molecule has 2 heterocycles. The number of nitrogens with one attached hydrogen (secondary N) is 2. The lowest BCUT2D eigenvalue weighted by Gasteiger charge is -2.35. The molecular weight excluding hydrogens is 731 g/mol. The normalized spacial score (nSPS) is 19.0. The number of rotatable bonds is 16. The lowest BCUT2D eigenvalue weighted by molar-refractivity contribution is -0.297. The Bertz CT molecular complexity index is 2110. The van der Waals surface area contributed by atoms with Gasteiger partial charge in [-0.3, -0.25) is 24.3 Å². The minimum Gasteiger partial charge on any atom is -0.431 e. The number of ether oxygens (including phenoxy) is 2. The van der Waals surface area contributed by atoms with E-state index in [9.17, 15) is 14.7 Å². The van der Waals surface area contributed by atoms with Crippen LogP contribution in [0.1, 0.15) is 67.9 Å². The van der Waals surface area contributed by atoms with Gasteiger partial charge in [0.05, 0.1) is 12.2 Å². The number of thioether (sulfide) groups is 1. The van der Waals surface area contributed by atoms with Gasteiger partial charge >= 0.3 is 11.4 Å². The summed E-state index contributed by atoms with van der Waals surface area (Å²) in [6, 6.07) is 33.7. The van der Waals surface area contributed by atoms with Gasteiger partial charge in [0.15, 0.2) is 12.2 Å². The molecule has 1 aromatic heterocycles. The third-order valence-corrected chi connectivity index (χ3v) is 10.5. The van der Waals surface area contributed by atoms with Crippen molar-refractivity contribution in [2.45, 2.75) is 74.5 Å². The van der Waals surface area contributed by atoms with E-state index in [1.54, 1.807) is 54.0 Å². The smallest absolute Gasteiger partial charge is 0.424 e. The van der Waals surface area contributed by atoms with E-state index < -0.39 is 23.6 Å². The number of aliphatic hydroxyl groups excluding tert-OH is 1. The molecule has 13 heteroatoms. The van der Waals surface area contributed by atoms with Crippen molar-refractivity contribution in [2.24, 2.45) is 0 Å². The van der Waals surface area contributed by atoms with E-state index in [0.29, 0.717) is 58.3 Å². The maximum absolute atomic E-state index is 12.7. The first kappa shape index (κ1) is 39.9. The largest absolute Gasteiger partial charge is 0.431 e. The number of amides is 2. The molecular formula is C43H43N5O7S+2. The topological polar surface area (TPSA) is 152 Å². The quantitative estimate of drug-likeness (QED) is 0.0333. The fourth-order valence-electron chi connectivity index (χ4n) is 6.43. The molecule has 286 valence electrons. The zero-order valence-corrected chi connectivity index (χ0v) is 31.5. The van der Waals surface area contributed by atoms with Gasteiger partial charge in [0, 0.05) is 35.2 Å². The van der Waals surface area contributed by atoms with Gasteiger partial charge in [-0.25, -0.2) is 10.5 Å². The summed E-state index contributed by atoms with van der Waals surface area (Å²) in [5.74, 6) is 0.217. The standard InChI is InChI=1S/C43H41N5O7S/c1-44-42(29-56-41-47-38(31-13-7-5-8-14-31)39(53-41)32-15-9-6-10-16-32)28-43(45-2,34-23-19-30(27-49)20-24-34)55-40(54-42)33-21-25-35(26-22-33)46-36(50)17-11-3-4-12-18-37(51)48-52/h1-2,5-10,13-16,19-26,40,49H,3-4,11-12,17-18,27-29H2,(H-2,46,48,50,51,52)/p+2/t40-,42+,43-/m0/s1. The van der Waals surface area contributed by atoms with Crippen molar-refractivity contribution < 1.29 is 33.8 Å². The van der Waals surface area contributed by atoms with Crippen molar-refractivity contribution in [2.75, 3.05) is 11.1 Å². The molecule has 0 saturated carbocycles. The van der Waals surface area contributed by atoms with E-state index >= 15 is 0 Å². The van der Waals surface area contributed by atoms with Gasteiger partial charge in [0.25, 0.3) is 18.4 Å². The van der Waals surface area contributed by atoms with Crippen molar-refractivity contribution in [1.29, 1.82) is 0 Å². The molecule has 1 saturated heterocycles. The van der Waals surface area contributed by atoms with E-state index in [2.05, 4.69) is 15.0 Å². The van der Waals surface area contributed by atoms with Crippen LogP contribution in [0.2, 0.25) is 0 Å². The van der Waals surface area contributed by atoms with Crippen LogP contribution < -0.4 is 10.8 Å². The number of carbonyl (C=O) groups excluding carboxylic acids is 2. The van der Waals surface area contributed by atoms with Crippen LogP contribution in [0, 0.1) is 13.1 Å². The van der Waals surface area contributed by atoms with Gasteiger partial charge in [-0.05, 0) is 52.4 Å². The lowest BCUT2D eigenvalue weighted by atomic mass is 9.92. The predicted molar refractivity (Wildman–Crippen MR) is 214 cm³/mol. The van der Waals surface area contributed by atoms with Gasteiger partial charge in [-0.2, -0.15) is 0 Å². The molecule has 1 fully saturated rings. The zero-order valence-electron chi connectivity index (χ0n) is 30.7. The van der Waals surface area contributed by atoms with Crippen LogP contribution in [0.15, 0.2) is 119 Å². The number of hydrogen-bond donors (Lipinski definition) is 4. The lowest BCUT2D eigenvalue weighted by Crippen LogP contribution is -2.48. The summed E-state index contributed by atoms with van der Waals surface area (Å²) in [7, 11) is 0. The summed E-state index contributed by atoms with van der Waals surface area (Å²) in [6.45, 7) is 12.3. The molecule has 1 aliphatic heterocycles. The second-order valence-corrected chi connectivity index (χ2v) is 14.3. The molecule has 12 nitrogen and oxygen atoms in total. The number of unbranched alkanes of at least 4 members (excludes halogenated alkanes) is 3. The van der Waals surface area contributed by atoms with Gasteiger partial charge in [-0.1, -0.05) is 110 Å². The van der Waals surface area contributed by atoms with Crippen molar-refractivity contribution in [1.82, 2.24) is 10.5 Å². The second kappa shape index (κ2) is 18.7. The van der Waals surface area contributed by atoms with Gasteiger partial charge in [0.1, 0.15) is 11.4 Å². The van der Waals surface area contributed by atoms with E-state index in [4.69, 9.17) is 37.2 Å². The average Bonchev–Trinajstić information content (AvgIpc) is 3.69. The van der Waals surface area contributed by atoms with Crippen LogP contribution in [-0.4, -0.2) is 38.6 Å². The number of hydrogen-bond acceptors (Lipinski definition) is 9. The van der Waals surface area contributed by atoms with Crippen LogP contribution in [0.3, 0.4) is 0 Å². The van der Waals surface area contributed by atoms with Crippen molar-refractivity contribution in [3.8, 4) is 35.7 Å². The Morgan fingerprint density at radius 1 is 0.804 bits per heavy atom. The van der Waals surface area contributed by atoms with Crippen LogP contribution in [0.5, 0.6) is 0 Å².